The normalized spacial score (nSPS) is 53.6. The highest BCUT2D eigenvalue weighted by Crippen LogP contribution is 2.52. The van der Waals surface area contributed by atoms with Crippen molar-refractivity contribution in [1.29, 1.82) is 0 Å². The fraction of sp³-hybridized carbons (Fsp3) is 0.600. The smallest absolute Gasteiger partial charge is 0.0846 e. The van der Waals surface area contributed by atoms with Gasteiger partial charge in [0.1, 0.15) is 0 Å². The first kappa shape index (κ1) is 5.09. The molecule has 2 bridgehead atoms. The molecule has 1 saturated carbocycles. The quantitative estimate of drug-likeness (QED) is 0.349. The van der Waals surface area contributed by atoms with Gasteiger partial charge in [-0.25, -0.2) is 0 Å². The van der Waals surface area contributed by atoms with Crippen molar-refractivity contribution in [3.05, 3.63) is 24.3 Å². The number of hydrogen-bond acceptors (Lipinski definition) is 0. The van der Waals surface area contributed by atoms with Crippen LogP contribution in [0.25, 0.3) is 0 Å². The summed E-state index contributed by atoms with van der Waals surface area (Å²) in [5, 5.41) is 0. The van der Waals surface area contributed by atoms with Crippen LogP contribution in [0.1, 0.15) is 12.8 Å². The summed E-state index contributed by atoms with van der Waals surface area (Å²) in [5.74, 6) is 3.65. The Morgan fingerprint density at radius 2 is 2.10 bits per heavy atom. The summed E-state index contributed by atoms with van der Waals surface area (Å²) in [6, 6.07) is 0. The zero-order chi connectivity index (χ0) is 6.55. The Kier molecular flexibility index (Phi) is 0.772. The van der Waals surface area contributed by atoms with Gasteiger partial charge in [-0.2, -0.15) is 0 Å². The predicted octanol–water partition coefficient (Wildman–Crippen LogP) is 2.19. The van der Waals surface area contributed by atoms with E-state index in [1.807, 2.05) is 0 Å². The second kappa shape index (κ2) is 1.52. The lowest BCUT2D eigenvalue weighted by Gasteiger charge is -2.13. The monoisotopic (exact) mass is 131 g/mol. The van der Waals surface area contributed by atoms with Gasteiger partial charge in [0.15, 0.2) is 12.5 Å². The summed E-state index contributed by atoms with van der Waals surface area (Å²) in [6.07, 6.45) is 13.2. The lowest BCUT2D eigenvalue weighted by Crippen LogP contribution is -2.12. The van der Waals surface area contributed by atoms with Gasteiger partial charge in [0.05, 0.1) is 0 Å². The van der Waals surface area contributed by atoms with Crippen LogP contribution in [-0.2, 0) is 0 Å². The average Bonchev–Trinajstić information content (AvgIpc) is 2.60. The Morgan fingerprint density at radius 1 is 1.20 bits per heavy atom. The van der Waals surface area contributed by atoms with Gasteiger partial charge in [0, 0.05) is 11.8 Å². The third-order valence-corrected chi connectivity index (χ3v) is 3.35. The van der Waals surface area contributed by atoms with Crippen molar-refractivity contribution in [2.45, 2.75) is 12.8 Å². The van der Waals surface area contributed by atoms with E-state index in [9.17, 15) is 0 Å². The Labute approximate surface area is 61.6 Å². The van der Waals surface area contributed by atoms with Crippen LogP contribution in [0.15, 0.2) is 18.2 Å². The molecule has 0 aromatic carbocycles. The summed E-state index contributed by atoms with van der Waals surface area (Å²) >= 11 is 0. The maximum absolute atomic E-state index is 3.36. The molecule has 0 radical (unpaired) electrons. The third-order valence-electron chi connectivity index (χ3n) is 3.35. The van der Waals surface area contributed by atoms with E-state index >= 15 is 0 Å². The van der Waals surface area contributed by atoms with Crippen molar-refractivity contribution in [3.63, 3.8) is 0 Å². The zero-order valence-electron chi connectivity index (χ0n) is 5.96. The van der Waals surface area contributed by atoms with Crippen molar-refractivity contribution >= 4 is 0 Å². The molecule has 1 fully saturated rings. The van der Waals surface area contributed by atoms with Gasteiger partial charge in [0.2, 0.25) is 6.08 Å². The molecule has 50 valence electrons. The minimum atomic E-state index is 0.884. The molecule has 0 amide bonds. The predicted molar refractivity (Wildman–Crippen MR) is 40.1 cm³/mol. The second-order valence-corrected chi connectivity index (χ2v) is 3.76. The summed E-state index contributed by atoms with van der Waals surface area (Å²) in [5.41, 5.74) is 0. The molecule has 0 N–H and O–H groups in total. The molecule has 4 unspecified atom stereocenters. The lowest BCUT2D eigenvalue weighted by atomic mass is 9.86. The van der Waals surface area contributed by atoms with Crippen molar-refractivity contribution in [2.75, 3.05) is 0 Å². The molecule has 3 rings (SSSR count). The Hall–Kier alpha value is -0.610. The standard InChI is InChI=1S/C10H11/c1-2-9-7-4-5-8(6-7)10(9)3-1/h2,4-5,7-10H,3,6H2/q+1. The van der Waals surface area contributed by atoms with Crippen LogP contribution >= 0.6 is 0 Å². The molecular formula is C10H11+. The van der Waals surface area contributed by atoms with Crippen molar-refractivity contribution in [1.82, 2.24) is 0 Å². The summed E-state index contributed by atoms with van der Waals surface area (Å²) in [4.78, 5) is 0. The van der Waals surface area contributed by atoms with E-state index in [0.717, 1.165) is 23.7 Å². The van der Waals surface area contributed by atoms with Crippen molar-refractivity contribution in [3.8, 4) is 0 Å². The van der Waals surface area contributed by atoms with Gasteiger partial charge in [0.25, 0.3) is 0 Å². The minimum Gasteiger partial charge on any atom is -0.0846 e. The zero-order valence-corrected chi connectivity index (χ0v) is 5.96. The van der Waals surface area contributed by atoms with Gasteiger partial charge in [-0.05, 0) is 18.3 Å². The maximum atomic E-state index is 3.36. The fourth-order valence-corrected chi connectivity index (χ4v) is 2.84. The first-order valence-electron chi connectivity index (χ1n) is 4.20. The van der Waals surface area contributed by atoms with Crippen LogP contribution in [0.2, 0.25) is 0 Å². The highest BCUT2D eigenvalue weighted by molar-refractivity contribution is 5.20. The van der Waals surface area contributed by atoms with E-state index in [2.05, 4.69) is 24.3 Å². The third kappa shape index (κ3) is 0.433. The molecule has 0 aromatic rings. The number of rotatable bonds is 0. The molecule has 0 nitrogen and oxygen atoms in total. The van der Waals surface area contributed by atoms with E-state index in [4.69, 9.17) is 0 Å². The second-order valence-electron chi connectivity index (χ2n) is 3.76. The van der Waals surface area contributed by atoms with Crippen molar-refractivity contribution < 1.29 is 0 Å². The average molecular weight is 131 g/mol. The Balaban J connectivity index is 2.04. The fourth-order valence-electron chi connectivity index (χ4n) is 2.84. The number of hydrogen-bond donors (Lipinski definition) is 0. The first-order valence-corrected chi connectivity index (χ1v) is 4.20. The highest BCUT2D eigenvalue weighted by Gasteiger charge is 2.49. The molecule has 0 spiro atoms. The van der Waals surface area contributed by atoms with E-state index in [-0.39, 0.29) is 0 Å². The minimum absolute atomic E-state index is 0.884. The van der Waals surface area contributed by atoms with Gasteiger partial charge < -0.3 is 0 Å². The van der Waals surface area contributed by atoms with Gasteiger partial charge in [-0.15, -0.1) is 0 Å². The van der Waals surface area contributed by atoms with E-state index in [1.54, 1.807) is 0 Å². The maximum Gasteiger partial charge on any atom is 0.218 e. The van der Waals surface area contributed by atoms with E-state index in [1.165, 1.54) is 12.8 Å². The molecule has 3 aliphatic carbocycles. The van der Waals surface area contributed by atoms with Crippen LogP contribution in [-0.4, -0.2) is 0 Å². The number of allylic oxidation sites excluding steroid dienone is 4. The van der Waals surface area contributed by atoms with Crippen LogP contribution in [0, 0.1) is 29.7 Å². The van der Waals surface area contributed by atoms with Gasteiger partial charge in [-0.3, -0.25) is 0 Å². The Morgan fingerprint density at radius 3 is 3.00 bits per heavy atom. The first-order chi connectivity index (χ1) is 4.95. The van der Waals surface area contributed by atoms with Crippen LogP contribution < -0.4 is 0 Å². The summed E-state index contributed by atoms with van der Waals surface area (Å²) in [7, 11) is 0. The molecule has 0 aromatic heterocycles. The van der Waals surface area contributed by atoms with Crippen LogP contribution in [0.3, 0.4) is 0 Å². The lowest BCUT2D eigenvalue weighted by molar-refractivity contribution is 0.396. The molecule has 0 heteroatoms. The van der Waals surface area contributed by atoms with Gasteiger partial charge in [-0.1, -0.05) is 12.2 Å². The molecule has 4 atom stereocenters. The Bertz CT molecular complexity index is 212. The molecule has 0 heterocycles. The topological polar surface area (TPSA) is 0 Å². The molecular weight excluding hydrogens is 120 g/mol. The van der Waals surface area contributed by atoms with Crippen LogP contribution in [0.5, 0.6) is 0 Å². The van der Waals surface area contributed by atoms with Crippen molar-refractivity contribution in [2.24, 2.45) is 23.7 Å². The van der Waals surface area contributed by atoms with E-state index in [0.29, 0.717) is 0 Å². The summed E-state index contributed by atoms with van der Waals surface area (Å²) < 4.78 is 0. The van der Waals surface area contributed by atoms with Crippen LogP contribution in [0.4, 0.5) is 0 Å². The molecule has 3 aliphatic rings. The largest absolute Gasteiger partial charge is 0.218 e. The summed E-state index contributed by atoms with van der Waals surface area (Å²) in [6.45, 7) is 0. The van der Waals surface area contributed by atoms with Gasteiger partial charge >= 0.3 is 0 Å². The molecule has 0 aliphatic heterocycles. The SMILES string of the molecule is [C+]1=CC2C3C=CC(C3)C2C1. The molecule has 10 heavy (non-hydrogen) atoms. The number of fused-ring (bicyclic) bond motifs is 5. The van der Waals surface area contributed by atoms with E-state index < -0.39 is 0 Å². The highest BCUT2D eigenvalue weighted by atomic mass is 14.5. The molecule has 0 saturated heterocycles.